The molecule has 0 bridgehead atoms. The first-order chi connectivity index (χ1) is 29.8. The number of aliphatic hydroxyl groups is 2. The summed E-state index contributed by atoms with van der Waals surface area (Å²) in [6, 6.07) is 0. The van der Waals surface area contributed by atoms with E-state index in [1.54, 1.807) is 0 Å². The Morgan fingerprint density at radius 1 is 0.500 bits per heavy atom. The summed E-state index contributed by atoms with van der Waals surface area (Å²) in [5.41, 5.74) is 0. The average molecular weight is 915 g/mol. The highest BCUT2D eigenvalue weighted by Gasteiger charge is 2.28. The Morgan fingerprint density at radius 3 is 1.42 bits per heavy atom. The Hall–Kier alpha value is -3.00. The van der Waals surface area contributed by atoms with Gasteiger partial charge in [-0.25, -0.2) is 9.13 Å². The molecule has 0 aliphatic carbocycles. The highest BCUT2D eigenvalue weighted by Crippen LogP contribution is 2.43. The molecule has 0 rings (SSSR count). The number of esters is 2. The number of aliphatic hydroxyl groups excluding tert-OH is 2. The number of hydrogen-bond donors (Lipinski definition) is 5. The van der Waals surface area contributed by atoms with Crippen LogP contribution in [0.15, 0.2) is 97.2 Å². The summed E-state index contributed by atoms with van der Waals surface area (Å²) in [5.74, 6) is -1.19. The van der Waals surface area contributed by atoms with E-state index in [0.29, 0.717) is 32.1 Å². The summed E-state index contributed by atoms with van der Waals surface area (Å²) in [6.45, 7) is 1.38. The fourth-order valence-electron chi connectivity index (χ4n) is 5.17. The van der Waals surface area contributed by atoms with Gasteiger partial charge in [-0.15, -0.1) is 0 Å². The van der Waals surface area contributed by atoms with E-state index in [4.69, 9.17) is 23.8 Å². The van der Waals surface area contributed by atoms with Crippen LogP contribution in [-0.2, 0) is 41.8 Å². The van der Waals surface area contributed by atoms with Gasteiger partial charge in [-0.05, 0) is 89.9 Å². The third-order valence-corrected chi connectivity index (χ3v) is 9.93. The standard InChI is InChI=1S/C46H76O14P2/c1-3-5-6-7-8-9-10-11-12-13-14-17-21-24-27-30-33-37-46(50)60-44(41-59-62(54,55)58-39-43(48)38-57-61(51,52)53)40-56-45(49)36-32-29-26-23-20-18-15-16-19-22-25-28-31-35-42(47)34-4-2/h8-9,11-12,14-15,17-19,22-24,26-28,31,42-44,47-48H,3-7,10,13,16,20-21,25,29-30,32-41H2,1-2H3,(H,54,55)(H2,51,52,53)/b9-8-,12-11-,17-14-,18-15-,22-19-,26-23-,27-24-,31-28-/t42?,43-,44+/m0/s1. The van der Waals surface area contributed by atoms with E-state index in [9.17, 15) is 33.8 Å². The van der Waals surface area contributed by atoms with Crippen LogP contribution in [0.5, 0.6) is 0 Å². The van der Waals surface area contributed by atoms with Crippen LogP contribution in [0.3, 0.4) is 0 Å². The van der Waals surface area contributed by atoms with Crippen molar-refractivity contribution < 1.29 is 66.7 Å². The van der Waals surface area contributed by atoms with Gasteiger partial charge in [0.1, 0.15) is 12.7 Å². The zero-order valence-electron chi connectivity index (χ0n) is 37.0. The van der Waals surface area contributed by atoms with Crippen LogP contribution < -0.4 is 0 Å². The van der Waals surface area contributed by atoms with Crippen molar-refractivity contribution >= 4 is 27.6 Å². The number of rotatable bonds is 40. The van der Waals surface area contributed by atoms with E-state index in [1.807, 2.05) is 30.4 Å². The zero-order valence-corrected chi connectivity index (χ0v) is 38.8. The van der Waals surface area contributed by atoms with Crippen LogP contribution in [0.2, 0.25) is 0 Å². The molecule has 354 valence electrons. The molecular weight excluding hydrogens is 838 g/mol. The Morgan fingerprint density at radius 2 is 0.935 bits per heavy atom. The second-order valence-electron chi connectivity index (χ2n) is 14.4. The van der Waals surface area contributed by atoms with Gasteiger partial charge in [-0.1, -0.05) is 130 Å². The van der Waals surface area contributed by atoms with Gasteiger partial charge < -0.3 is 34.4 Å². The molecule has 0 radical (unpaired) electrons. The lowest BCUT2D eigenvalue weighted by Crippen LogP contribution is -2.29. The molecule has 2 unspecified atom stereocenters. The predicted molar refractivity (Wildman–Crippen MR) is 245 cm³/mol. The van der Waals surface area contributed by atoms with Crippen molar-refractivity contribution in [1.82, 2.24) is 0 Å². The summed E-state index contributed by atoms with van der Waals surface area (Å²) in [5, 5.41) is 19.5. The van der Waals surface area contributed by atoms with Gasteiger partial charge in [0.05, 0.1) is 25.9 Å². The van der Waals surface area contributed by atoms with Gasteiger partial charge in [0.15, 0.2) is 6.10 Å². The number of phosphoric acid groups is 2. The molecule has 0 saturated carbocycles. The zero-order chi connectivity index (χ0) is 46.0. The SMILES string of the molecule is CCCCC/C=C\C/C=C\C/C=C\C/C=C\CCCC(=O)O[C@H](COC(=O)CCC/C=C\C/C=C\C/C=C\C/C=C\CC(O)CCC)COP(=O)(O)OC[C@@H](O)COP(=O)(O)O. The highest BCUT2D eigenvalue weighted by molar-refractivity contribution is 7.47. The Bertz CT molecular complexity index is 1480. The molecule has 62 heavy (non-hydrogen) atoms. The van der Waals surface area contributed by atoms with E-state index in [-0.39, 0.29) is 18.9 Å². The summed E-state index contributed by atoms with van der Waals surface area (Å²) >= 11 is 0. The quantitative estimate of drug-likeness (QED) is 0.0167. The largest absolute Gasteiger partial charge is 0.472 e. The van der Waals surface area contributed by atoms with Crippen molar-refractivity contribution in [2.45, 2.75) is 154 Å². The normalized spacial score (nSPS) is 15.4. The van der Waals surface area contributed by atoms with Crippen molar-refractivity contribution in [3.05, 3.63) is 97.2 Å². The monoisotopic (exact) mass is 914 g/mol. The Balaban J connectivity index is 4.73. The summed E-state index contributed by atoms with van der Waals surface area (Å²) in [4.78, 5) is 52.7. The number of carbonyl (C=O) groups excluding carboxylic acids is 2. The van der Waals surface area contributed by atoms with E-state index >= 15 is 0 Å². The Labute approximate surface area is 371 Å². The molecule has 0 heterocycles. The van der Waals surface area contributed by atoms with Gasteiger partial charge in [-0.2, -0.15) is 0 Å². The molecule has 0 aromatic carbocycles. The minimum absolute atomic E-state index is 0.0308. The minimum atomic E-state index is -4.88. The van der Waals surface area contributed by atoms with Crippen LogP contribution >= 0.6 is 15.6 Å². The molecule has 0 spiro atoms. The molecule has 4 atom stereocenters. The van der Waals surface area contributed by atoms with Crippen molar-refractivity contribution in [2.24, 2.45) is 0 Å². The van der Waals surface area contributed by atoms with Crippen LogP contribution in [0, 0.1) is 0 Å². The maximum absolute atomic E-state index is 12.6. The molecule has 0 aliphatic heterocycles. The molecule has 0 fully saturated rings. The third-order valence-electron chi connectivity index (χ3n) is 8.49. The van der Waals surface area contributed by atoms with E-state index in [1.165, 1.54) is 19.3 Å². The first-order valence-corrected chi connectivity index (χ1v) is 25.0. The summed E-state index contributed by atoms with van der Waals surface area (Å²) in [7, 11) is -9.73. The molecule has 14 nitrogen and oxygen atoms in total. The maximum atomic E-state index is 12.6. The van der Waals surface area contributed by atoms with Crippen molar-refractivity contribution in [3.63, 3.8) is 0 Å². The van der Waals surface area contributed by atoms with Gasteiger partial charge in [0.25, 0.3) is 0 Å². The summed E-state index contributed by atoms with van der Waals surface area (Å²) in [6.07, 6.45) is 44.7. The molecule has 5 N–H and O–H groups in total. The van der Waals surface area contributed by atoms with Crippen LogP contribution in [0.4, 0.5) is 0 Å². The lowest BCUT2D eigenvalue weighted by Gasteiger charge is -2.20. The van der Waals surface area contributed by atoms with Crippen molar-refractivity contribution in [1.29, 1.82) is 0 Å². The first-order valence-electron chi connectivity index (χ1n) is 22.0. The number of unbranched alkanes of at least 4 members (excludes halogenated alkanes) is 5. The predicted octanol–water partition coefficient (Wildman–Crippen LogP) is 10.3. The van der Waals surface area contributed by atoms with Crippen LogP contribution in [0.25, 0.3) is 0 Å². The second-order valence-corrected chi connectivity index (χ2v) is 17.1. The smallest absolute Gasteiger partial charge is 0.462 e. The molecular formula is C46H76O14P2. The summed E-state index contributed by atoms with van der Waals surface area (Å²) < 4.78 is 47.6. The number of allylic oxidation sites excluding steroid dienone is 15. The first kappa shape index (κ1) is 59.0. The van der Waals surface area contributed by atoms with E-state index in [2.05, 4.69) is 89.7 Å². The van der Waals surface area contributed by atoms with Gasteiger partial charge in [0.2, 0.25) is 0 Å². The van der Waals surface area contributed by atoms with Gasteiger partial charge in [-0.3, -0.25) is 23.2 Å². The fourth-order valence-corrected chi connectivity index (χ4v) is 6.33. The molecule has 0 amide bonds. The lowest BCUT2D eigenvalue weighted by atomic mass is 10.1. The molecule has 0 aliphatic rings. The van der Waals surface area contributed by atoms with Crippen LogP contribution in [0.1, 0.15) is 136 Å². The second kappa shape index (κ2) is 40.8. The molecule has 0 aromatic rings. The minimum Gasteiger partial charge on any atom is -0.462 e. The van der Waals surface area contributed by atoms with Crippen molar-refractivity contribution in [3.8, 4) is 0 Å². The number of ether oxygens (including phenoxy) is 2. The maximum Gasteiger partial charge on any atom is 0.472 e. The molecule has 0 saturated heterocycles. The third kappa shape index (κ3) is 43.6. The highest BCUT2D eigenvalue weighted by atomic mass is 31.2. The van der Waals surface area contributed by atoms with E-state index < -0.39 is 66.2 Å². The Kier molecular flexibility index (Phi) is 38.8. The lowest BCUT2D eigenvalue weighted by molar-refractivity contribution is -0.161. The van der Waals surface area contributed by atoms with Crippen molar-refractivity contribution in [2.75, 3.05) is 26.4 Å². The number of hydrogen-bond acceptors (Lipinski definition) is 11. The number of phosphoric ester groups is 2. The van der Waals surface area contributed by atoms with Gasteiger partial charge >= 0.3 is 27.6 Å². The fraction of sp³-hybridized carbons (Fsp3) is 0.609. The number of carbonyl (C=O) groups is 2. The molecule has 0 aromatic heterocycles. The average Bonchev–Trinajstić information content (AvgIpc) is 3.22. The van der Waals surface area contributed by atoms with Crippen LogP contribution in [-0.4, -0.2) is 81.6 Å². The molecule has 16 heteroatoms. The topological polar surface area (TPSA) is 216 Å². The van der Waals surface area contributed by atoms with E-state index in [0.717, 1.165) is 57.8 Å². The van der Waals surface area contributed by atoms with Gasteiger partial charge in [0, 0.05) is 12.8 Å².